The van der Waals surface area contributed by atoms with Gasteiger partial charge in [0, 0.05) is 24.2 Å². The maximum absolute atomic E-state index is 9.05. The van der Waals surface area contributed by atoms with Crippen LogP contribution in [0, 0.1) is 11.3 Å². The van der Waals surface area contributed by atoms with E-state index in [9.17, 15) is 0 Å². The Bertz CT molecular complexity index is 425. The summed E-state index contributed by atoms with van der Waals surface area (Å²) in [6, 6.07) is 7.74. The van der Waals surface area contributed by atoms with Crippen molar-refractivity contribution < 1.29 is 0 Å². The fraction of sp³-hybridized carbons (Fsp3) is 0.417. The number of benzene rings is 1. The normalized spacial score (nSPS) is 20.6. The van der Waals surface area contributed by atoms with Crippen molar-refractivity contribution in [2.45, 2.75) is 18.9 Å². The highest BCUT2D eigenvalue weighted by atomic mass is 35.5. The average molecular weight is 236 g/mol. The van der Waals surface area contributed by atoms with Crippen molar-refractivity contribution in [3.05, 3.63) is 28.8 Å². The Balaban J connectivity index is 2.31. The number of rotatable bonds is 1. The second kappa shape index (κ2) is 4.73. The minimum Gasteiger partial charge on any atom is -0.369 e. The van der Waals surface area contributed by atoms with Crippen LogP contribution in [0.25, 0.3) is 0 Å². The van der Waals surface area contributed by atoms with Crippen LogP contribution in [0.2, 0.25) is 5.02 Å². The largest absolute Gasteiger partial charge is 0.369 e. The molecule has 0 radical (unpaired) electrons. The molecule has 0 bridgehead atoms. The van der Waals surface area contributed by atoms with Crippen molar-refractivity contribution in [1.82, 2.24) is 0 Å². The lowest BCUT2D eigenvalue weighted by Crippen LogP contribution is -2.43. The van der Waals surface area contributed by atoms with Gasteiger partial charge in [-0.15, -0.1) is 0 Å². The molecule has 1 heterocycles. The molecule has 0 aliphatic carbocycles. The van der Waals surface area contributed by atoms with Crippen LogP contribution in [-0.4, -0.2) is 19.1 Å². The Labute approximate surface area is 100 Å². The Hall–Kier alpha value is -1.24. The van der Waals surface area contributed by atoms with Crippen molar-refractivity contribution in [2.75, 3.05) is 18.0 Å². The van der Waals surface area contributed by atoms with Crippen molar-refractivity contribution >= 4 is 17.3 Å². The minimum atomic E-state index is 0.194. The van der Waals surface area contributed by atoms with Crippen LogP contribution in [0.3, 0.4) is 0 Å². The van der Waals surface area contributed by atoms with Gasteiger partial charge in [-0.3, -0.25) is 0 Å². The summed E-state index contributed by atoms with van der Waals surface area (Å²) in [5.41, 5.74) is 7.51. The van der Waals surface area contributed by atoms with E-state index in [1.165, 1.54) is 0 Å². The molecule has 0 amide bonds. The summed E-state index contributed by atoms with van der Waals surface area (Å²) in [5.74, 6) is 0. The Kier molecular flexibility index (Phi) is 3.33. The maximum Gasteiger partial charge on any atom is 0.101 e. The lowest BCUT2D eigenvalue weighted by molar-refractivity contribution is 0.506. The highest BCUT2D eigenvalue weighted by molar-refractivity contribution is 6.30. The second-order valence-corrected chi connectivity index (χ2v) is 4.56. The molecular weight excluding hydrogens is 222 g/mol. The van der Waals surface area contributed by atoms with E-state index in [0.717, 1.165) is 31.6 Å². The summed E-state index contributed by atoms with van der Waals surface area (Å²) in [6.45, 7) is 1.75. The summed E-state index contributed by atoms with van der Waals surface area (Å²) in [4.78, 5) is 2.15. The van der Waals surface area contributed by atoms with Crippen molar-refractivity contribution in [3.8, 4) is 6.07 Å². The first-order valence-corrected chi connectivity index (χ1v) is 5.78. The third kappa shape index (κ3) is 2.29. The van der Waals surface area contributed by atoms with Crippen molar-refractivity contribution in [1.29, 1.82) is 5.26 Å². The minimum absolute atomic E-state index is 0.194. The van der Waals surface area contributed by atoms with Gasteiger partial charge in [0.25, 0.3) is 0 Å². The lowest BCUT2D eigenvalue weighted by atomic mass is 10.0. The zero-order valence-corrected chi connectivity index (χ0v) is 9.74. The molecule has 1 fully saturated rings. The van der Waals surface area contributed by atoms with E-state index in [-0.39, 0.29) is 6.04 Å². The molecule has 2 rings (SSSR count). The van der Waals surface area contributed by atoms with Gasteiger partial charge in [-0.2, -0.15) is 5.26 Å². The molecule has 1 aliphatic rings. The quantitative estimate of drug-likeness (QED) is 0.812. The van der Waals surface area contributed by atoms with Crippen LogP contribution in [0.4, 0.5) is 5.69 Å². The fourth-order valence-electron chi connectivity index (χ4n) is 2.09. The van der Waals surface area contributed by atoms with E-state index in [1.54, 1.807) is 12.1 Å². The van der Waals surface area contributed by atoms with Gasteiger partial charge >= 0.3 is 0 Å². The summed E-state index contributed by atoms with van der Waals surface area (Å²) in [5, 5.41) is 9.72. The number of hydrogen-bond donors (Lipinski definition) is 1. The number of halogens is 1. The molecule has 0 saturated carbocycles. The van der Waals surface area contributed by atoms with Crippen LogP contribution in [-0.2, 0) is 0 Å². The van der Waals surface area contributed by atoms with Crippen LogP contribution < -0.4 is 10.6 Å². The number of hydrogen-bond acceptors (Lipinski definition) is 3. The zero-order chi connectivity index (χ0) is 11.5. The van der Waals surface area contributed by atoms with E-state index in [1.807, 2.05) is 6.07 Å². The molecule has 1 aliphatic heterocycles. The molecule has 84 valence electrons. The second-order valence-electron chi connectivity index (χ2n) is 4.12. The van der Waals surface area contributed by atoms with E-state index in [0.29, 0.717) is 10.6 Å². The van der Waals surface area contributed by atoms with Gasteiger partial charge in [0.15, 0.2) is 0 Å². The highest BCUT2D eigenvalue weighted by Gasteiger charge is 2.19. The summed E-state index contributed by atoms with van der Waals surface area (Å²) in [6.07, 6.45) is 2.12. The Morgan fingerprint density at radius 2 is 2.31 bits per heavy atom. The zero-order valence-electron chi connectivity index (χ0n) is 8.99. The van der Waals surface area contributed by atoms with Crippen LogP contribution in [0.15, 0.2) is 18.2 Å². The van der Waals surface area contributed by atoms with E-state index < -0.39 is 0 Å². The van der Waals surface area contributed by atoms with E-state index >= 15 is 0 Å². The van der Waals surface area contributed by atoms with E-state index in [2.05, 4.69) is 11.0 Å². The number of nitrogens with two attached hydrogens (primary N) is 1. The SMILES string of the molecule is N#Cc1ccc(Cl)cc1N1CCC[C@@H](N)C1. The van der Waals surface area contributed by atoms with Crippen molar-refractivity contribution in [2.24, 2.45) is 5.73 Å². The van der Waals surface area contributed by atoms with Gasteiger partial charge < -0.3 is 10.6 Å². The molecule has 4 heteroatoms. The number of nitriles is 1. The first-order chi connectivity index (χ1) is 7.70. The van der Waals surface area contributed by atoms with Crippen LogP contribution in [0.5, 0.6) is 0 Å². The lowest BCUT2D eigenvalue weighted by Gasteiger charge is -2.33. The van der Waals surface area contributed by atoms with Crippen LogP contribution in [0.1, 0.15) is 18.4 Å². The first-order valence-electron chi connectivity index (χ1n) is 5.41. The predicted molar refractivity (Wildman–Crippen MR) is 65.6 cm³/mol. The van der Waals surface area contributed by atoms with Gasteiger partial charge in [0.05, 0.1) is 11.3 Å². The van der Waals surface area contributed by atoms with E-state index in [4.69, 9.17) is 22.6 Å². The molecule has 1 aromatic rings. The van der Waals surface area contributed by atoms with Crippen molar-refractivity contribution in [3.63, 3.8) is 0 Å². The molecule has 16 heavy (non-hydrogen) atoms. The first kappa shape index (κ1) is 11.3. The molecule has 3 nitrogen and oxygen atoms in total. The van der Waals surface area contributed by atoms with Gasteiger partial charge in [-0.05, 0) is 31.0 Å². The molecule has 0 spiro atoms. The molecule has 0 unspecified atom stereocenters. The molecule has 0 aromatic heterocycles. The number of anilines is 1. The summed E-state index contributed by atoms with van der Waals surface area (Å²) >= 11 is 5.96. The van der Waals surface area contributed by atoms with Gasteiger partial charge in [0.2, 0.25) is 0 Å². The standard InChI is InChI=1S/C12H14ClN3/c13-10-4-3-9(7-14)12(6-10)16-5-1-2-11(15)8-16/h3-4,6,11H,1-2,5,8,15H2/t11-/m1/s1. The van der Waals surface area contributed by atoms with Crippen LogP contribution >= 0.6 is 11.6 Å². The highest BCUT2D eigenvalue weighted by Crippen LogP contribution is 2.26. The molecule has 2 N–H and O–H groups in total. The topological polar surface area (TPSA) is 53.0 Å². The average Bonchev–Trinajstić information content (AvgIpc) is 2.29. The maximum atomic E-state index is 9.05. The molecule has 1 aromatic carbocycles. The summed E-state index contributed by atoms with van der Waals surface area (Å²) in [7, 11) is 0. The molecule has 1 saturated heterocycles. The third-order valence-corrected chi connectivity index (χ3v) is 3.11. The predicted octanol–water partition coefficient (Wildman–Crippen LogP) is 2.14. The summed E-state index contributed by atoms with van der Waals surface area (Å²) < 4.78 is 0. The number of piperidine rings is 1. The Morgan fingerprint density at radius 1 is 1.50 bits per heavy atom. The van der Waals surface area contributed by atoms with Gasteiger partial charge in [-0.1, -0.05) is 11.6 Å². The number of nitrogens with zero attached hydrogens (tertiary/aromatic N) is 2. The monoisotopic (exact) mass is 235 g/mol. The smallest absolute Gasteiger partial charge is 0.101 e. The fourth-order valence-corrected chi connectivity index (χ4v) is 2.26. The molecular formula is C12H14ClN3. The van der Waals surface area contributed by atoms with Gasteiger partial charge in [0.1, 0.15) is 6.07 Å². The third-order valence-electron chi connectivity index (χ3n) is 2.88. The molecule has 1 atom stereocenters. The Morgan fingerprint density at radius 3 is 3.00 bits per heavy atom. The van der Waals surface area contributed by atoms with Gasteiger partial charge in [-0.25, -0.2) is 0 Å².